The molecule has 2 rings (SSSR count). The number of hydrogen-bond donors (Lipinski definition) is 3. The topological polar surface area (TPSA) is 121 Å². The molecular formula is C18H23N3O5S2. The van der Waals surface area contributed by atoms with Gasteiger partial charge < -0.3 is 5.32 Å². The fourth-order valence-electron chi connectivity index (χ4n) is 2.38. The van der Waals surface area contributed by atoms with Gasteiger partial charge in [-0.2, -0.15) is 0 Å². The third-order valence-corrected chi connectivity index (χ3v) is 5.87. The fourth-order valence-corrected chi connectivity index (χ4v) is 4.25. The Kier molecular flexibility index (Phi) is 6.48. The number of aryl methyl sites for hydroxylation is 1. The highest BCUT2D eigenvalue weighted by Gasteiger charge is 2.16. The highest BCUT2D eigenvalue weighted by atomic mass is 32.2. The Morgan fingerprint density at radius 1 is 0.964 bits per heavy atom. The largest absolute Gasteiger partial charge is 0.322 e. The third kappa shape index (κ3) is 6.04. The molecule has 0 aromatic heterocycles. The van der Waals surface area contributed by atoms with Crippen molar-refractivity contribution in [2.75, 3.05) is 16.3 Å². The first-order valence-corrected chi connectivity index (χ1v) is 11.8. The van der Waals surface area contributed by atoms with Gasteiger partial charge in [-0.25, -0.2) is 21.6 Å². The molecule has 2 aromatic carbocycles. The van der Waals surface area contributed by atoms with Crippen LogP contribution in [0.5, 0.6) is 0 Å². The van der Waals surface area contributed by atoms with Gasteiger partial charge in [0.05, 0.1) is 16.8 Å². The second kappa shape index (κ2) is 8.29. The van der Waals surface area contributed by atoms with Crippen molar-refractivity contribution in [3.05, 3.63) is 53.6 Å². The van der Waals surface area contributed by atoms with E-state index in [2.05, 4.69) is 14.8 Å². The first-order valence-electron chi connectivity index (χ1n) is 8.39. The smallest absolute Gasteiger partial charge is 0.255 e. The first kappa shape index (κ1) is 21.9. The van der Waals surface area contributed by atoms with E-state index in [-0.39, 0.29) is 16.5 Å². The molecule has 1 amide bonds. The zero-order valence-electron chi connectivity index (χ0n) is 16.0. The van der Waals surface area contributed by atoms with Crippen LogP contribution in [0.1, 0.15) is 29.8 Å². The van der Waals surface area contributed by atoms with Gasteiger partial charge in [0.1, 0.15) is 0 Å². The lowest BCUT2D eigenvalue weighted by Crippen LogP contribution is -2.30. The lowest BCUT2D eigenvalue weighted by molar-refractivity contribution is 0.102. The Balaban J connectivity index is 2.18. The molecule has 152 valence electrons. The number of amides is 1. The van der Waals surface area contributed by atoms with Gasteiger partial charge in [-0.15, -0.1) is 0 Å². The van der Waals surface area contributed by atoms with Gasteiger partial charge in [0, 0.05) is 17.3 Å². The van der Waals surface area contributed by atoms with Crippen molar-refractivity contribution < 1.29 is 21.6 Å². The van der Waals surface area contributed by atoms with Crippen LogP contribution in [0.25, 0.3) is 0 Å². The summed E-state index contributed by atoms with van der Waals surface area (Å²) in [6.45, 7) is 5.17. The predicted octanol–water partition coefficient (Wildman–Crippen LogP) is 2.31. The summed E-state index contributed by atoms with van der Waals surface area (Å²) in [6.07, 6.45) is 1.04. The van der Waals surface area contributed by atoms with Gasteiger partial charge >= 0.3 is 0 Å². The fraction of sp³-hybridized carbons (Fsp3) is 0.278. The Morgan fingerprint density at radius 2 is 1.57 bits per heavy atom. The van der Waals surface area contributed by atoms with Crippen molar-refractivity contribution in [3.8, 4) is 0 Å². The lowest BCUT2D eigenvalue weighted by Gasteiger charge is -2.12. The van der Waals surface area contributed by atoms with E-state index in [1.54, 1.807) is 32.9 Å². The number of carbonyl (C=O) groups is 1. The zero-order valence-corrected chi connectivity index (χ0v) is 17.6. The zero-order chi connectivity index (χ0) is 21.1. The molecule has 8 nitrogen and oxygen atoms in total. The number of hydrogen-bond acceptors (Lipinski definition) is 5. The first-order chi connectivity index (χ1) is 12.9. The molecule has 0 aliphatic heterocycles. The Labute approximate surface area is 165 Å². The van der Waals surface area contributed by atoms with E-state index in [4.69, 9.17) is 0 Å². The van der Waals surface area contributed by atoms with Gasteiger partial charge in [-0.1, -0.05) is 6.07 Å². The van der Waals surface area contributed by atoms with Crippen LogP contribution in [0.15, 0.2) is 47.4 Å². The van der Waals surface area contributed by atoms with Crippen LogP contribution in [-0.4, -0.2) is 35.0 Å². The van der Waals surface area contributed by atoms with Crippen LogP contribution < -0.4 is 14.8 Å². The Morgan fingerprint density at radius 3 is 2.11 bits per heavy atom. The molecule has 0 saturated carbocycles. The number of sulfonamides is 2. The molecule has 2 aromatic rings. The summed E-state index contributed by atoms with van der Waals surface area (Å²) >= 11 is 0. The summed E-state index contributed by atoms with van der Waals surface area (Å²) in [5.41, 5.74) is 1.73. The SMILES string of the molecule is Cc1ccc(NC(=O)c2ccc(S(=O)(=O)NC(C)C)cc2)cc1NS(C)(=O)=O. The van der Waals surface area contributed by atoms with Crippen molar-refractivity contribution in [2.45, 2.75) is 31.7 Å². The summed E-state index contributed by atoms with van der Waals surface area (Å²) in [7, 11) is -7.09. The maximum atomic E-state index is 12.4. The normalized spacial score (nSPS) is 12.0. The molecule has 10 heteroatoms. The molecule has 0 aliphatic rings. The molecule has 0 bridgehead atoms. The van der Waals surface area contributed by atoms with Crippen molar-refractivity contribution >= 4 is 37.3 Å². The summed E-state index contributed by atoms with van der Waals surface area (Å²) in [5.74, 6) is -0.449. The minimum atomic E-state index is -3.64. The van der Waals surface area contributed by atoms with Crippen molar-refractivity contribution in [3.63, 3.8) is 0 Å². The van der Waals surface area contributed by atoms with E-state index < -0.39 is 26.0 Å². The molecule has 3 N–H and O–H groups in total. The molecule has 0 aliphatic carbocycles. The summed E-state index contributed by atoms with van der Waals surface area (Å²) < 4.78 is 52.0. The lowest BCUT2D eigenvalue weighted by atomic mass is 10.1. The summed E-state index contributed by atoms with van der Waals surface area (Å²) in [6, 6.07) is 10.1. The molecule has 28 heavy (non-hydrogen) atoms. The predicted molar refractivity (Wildman–Crippen MR) is 109 cm³/mol. The molecular weight excluding hydrogens is 402 g/mol. The second-order valence-electron chi connectivity index (χ2n) is 6.66. The molecule has 0 radical (unpaired) electrons. The van der Waals surface area contributed by atoms with E-state index in [1.165, 1.54) is 30.3 Å². The van der Waals surface area contributed by atoms with Crippen LogP contribution in [0.3, 0.4) is 0 Å². The average molecular weight is 426 g/mol. The standard InChI is InChI=1S/C18H23N3O5S2/c1-12(2)20-28(25,26)16-9-6-14(7-10-16)18(22)19-15-8-5-13(3)17(11-15)21-27(4,23)24/h5-12,20-21H,1-4H3,(H,19,22). The van der Waals surface area contributed by atoms with Crippen LogP contribution in [-0.2, 0) is 20.0 Å². The average Bonchev–Trinajstić information content (AvgIpc) is 2.55. The third-order valence-electron chi connectivity index (χ3n) is 3.61. The van der Waals surface area contributed by atoms with E-state index in [9.17, 15) is 21.6 Å². The summed E-state index contributed by atoms with van der Waals surface area (Å²) in [4.78, 5) is 12.5. The number of nitrogens with one attached hydrogen (secondary N) is 3. The minimum Gasteiger partial charge on any atom is -0.322 e. The van der Waals surface area contributed by atoms with Crippen LogP contribution in [0.4, 0.5) is 11.4 Å². The number of carbonyl (C=O) groups excluding carboxylic acids is 1. The second-order valence-corrected chi connectivity index (χ2v) is 10.1. The Bertz CT molecular complexity index is 1080. The molecule has 0 fully saturated rings. The number of rotatable bonds is 7. The van der Waals surface area contributed by atoms with E-state index in [0.717, 1.165) is 6.26 Å². The van der Waals surface area contributed by atoms with Crippen LogP contribution >= 0.6 is 0 Å². The number of anilines is 2. The maximum Gasteiger partial charge on any atom is 0.255 e. The van der Waals surface area contributed by atoms with Crippen LogP contribution in [0, 0.1) is 6.92 Å². The molecule has 0 atom stereocenters. The minimum absolute atomic E-state index is 0.0627. The van der Waals surface area contributed by atoms with Crippen molar-refractivity contribution in [1.82, 2.24) is 4.72 Å². The van der Waals surface area contributed by atoms with Gasteiger partial charge in [0.15, 0.2) is 0 Å². The highest BCUT2D eigenvalue weighted by molar-refractivity contribution is 7.92. The van der Waals surface area contributed by atoms with E-state index in [0.29, 0.717) is 16.9 Å². The number of benzene rings is 2. The quantitative estimate of drug-likeness (QED) is 0.628. The van der Waals surface area contributed by atoms with Gasteiger partial charge in [-0.3, -0.25) is 9.52 Å². The Hall–Kier alpha value is -2.43. The van der Waals surface area contributed by atoms with Gasteiger partial charge in [0.2, 0.25) is 20.0 Å². The van der Waals surface area contributed by atoms with Gasteiger partial charge in [-0.05, 0) is 62.7 Å². The van der Waals surface area contributed by atoms with Gasteiger partial charge in [0.25, 0.3) is 5.91 Å². The van der Waals surface area contributed by atoms with Crippen LogP contribution in [0.2, 0.25) is 0 Å². The highest BCUT2D eigenvalue weighted by Crippen LogP contribution is 2.22. The van der Waals surface area contributed by atoms with E-state index in [1.807, 2.05) is 0 Å². The molecule has 0 unspecified atom stereocenters. The molecule has 0 spiro atoms. The monoisotopic (exact) mass is 425 g/mol. The van der Waals surface area contributed by atoms with Crippen molar-refractivity contribution in [2.24, 2.45) is 0 Å². The van der Waals surface area contributed by atoms with E-state index >= 15 is 0 Å². The molecule has 0 saturated heterocycles. The maximum absolute atomic E-state index is 12.4. The molecule has 0 heterocycles. The van der Waals surface area contributed by atoms with Crippen molar-refractivity contribution in [1.29, 1.82) is 0 Å². The summed E-state index contributed by atoms with van der Waals surface area (Å²) in [5, 5.41) is 2.66.